The zero-order valence-electron chi connectivity index (χ0n) is 14.0. The molecule has 0 atom stereocenters. The van der Waals surface area contributed by atoms with Crippen LogP contribution in [0, 0.1) is 0 Å². The molecule has 0 aliphatic rings. The second-order valence-corrected chi connectivity index (χ2v) is 5.46. The standard InChI is InChI=1S/C19H22N2O3/c1-14(22)16-5-7-17(8-6-16)21-19(23)13-20-12-11-15-3-9-18(24-2)10-4-15/h3-10,20H,11-13H2,1-2H3,(H,21,23). The lowest BCUT2D eigenvalue weighted by molar-refractivity contribution is -0.115. The molecule has 0 saturated carbocycles. The van der Waals surface area contributed by atoms with E-state index >= 15 is 0 Å². The first-order valence-electron chi connectivity index (χ1n) is 7.83. The number of methoxy groups -OCH3 is 1. The van der Waals surface area contributed by atoms with Crippen LogP contribution in [0.4, 0.5) is 5.69 Å². The highest BCUT2D eigenvalue weighted by Crippen LogP contribution is 2.11. The lowest BCUT2D eigenvalue weighted by Crippen LogP contribution is -2.29. The highest BCUT2D eigenvalue weighted by Gasteiger charge is 2.03. The van der Waals surface area contributed by atoms with E-state index in [0.29, 0.717) is 17.8 Å². The molecule has 24 heavy (non-hydrogen) atoms. The van der Waals surface area contributed by atoms with Crippen molar-refractivity contribution in [2.75, 3.05) is 25.5 Å². The molecule has 2 aromatic carbocycles. The fraction of sp³-hybridized carbons (Fsp3) is 0.263. The minimum atomic E-state index is -0.111. The summed E-state index contributed by atoms with van der Waals surface area (Å²) in [7, 11) is 1.64. The summed E-state index contributed by atoms with van der Waals surface area (Å²) in [6, 6.07) is 14.7. The Morgan fingerprint density at radius 2 is 1.67 bits per heavy atom. The van der Waals surface area contributed by atoms with Gasteiger partial charge in [-0.15, -0.1) is 0 Å². The minimum absolute atomic E-state index is 0.00748. The summed E-state index contributed by atoms with van der Waals surface area (Å²) < 4.78 is 5.12. The summed E-state index contributed by atoms with van der Waals surface area (Å²) in [5.74, 6) is 0.732. The molecule has 0 heterocycles. The van der Waals surface area contributed by atoms with Crippen LogP contribution < -0.4 is 15.4 Å². The largest absolute Gasteiger partial charge is 0.497 e. The molecule has 0 aliphatic heterocycles. The summed E-state index contributed by atoms with van der Waals surface area (Å²) in [5, 5.41) is 5.91. The average molecular weight is 326 g/mol. The molecule has 0 unspecified atom stereocenters. The topological polar surface area (TPSA) is 67.4 Å². The first-order valence-corrected chi connectivity index (χ1v) is 7.83. The van der Waals surface area contributed by atoms with Gasteiger partial charge in [-0.3, -0.25) is 9.59 Å². The molecule has 126 valence electrons. The van der Waals surface area contributed by atoms with Crippen LogP contribution in [0.15, 0.2) is 48.5 Å². The summed E-state index contributed by atoms with van der Waals surface area (Å²) in [4.78, 5) is 23.1. The lowest BCUT2D eigenvalue weighted by atomic mass is 10.1. The number of rotatable bonds is 8. The van der Waals surface area contributed by atoms with Crippen LogP contribution in [-0.2, 0) is 11.2 Å². The Balaban J connectivity index is 1.69. The summed E-state index contributed by atoms with van der Waals surface area (Å²) in [5.41, 5.74) is 2.50. The Hall–Kier alpha value is -2.66. The number of Topliss-reactive ketones (excluding diaryl/α,β-unsaturated/α-hetero) is 1. The number of nitrogens with one attached hydrogen (secondary N) is 2. The van der Waals surface area contributed by atoms with Crippen LogP contribution in [-0.4, -0.2) is 31.9 Å². The first kappa shape index (κ1) is 17.7. The van der Waals surface area contributed by atoms with E-state index in [9.17, 15) is 9.59 Å². The smallest absolute Gasteiger partial charge is 0.238 e. The highest BCUT2D eigenvalue weighted by molar-refractivity contribution is 5.96. The second kappa shape index (κ2) is 8.84. The van der Waals surface area contributed by atoms with Crippen molar-refractivity contribution in [3.63, 3.8) is 0 Å². The highest BCUT2D eigenvalue weighted by atomic mass is 16.5. The minimum Gasteiger partial charge on any atom is -0.497 e. The number of benzene rings is 2. The molecular weight excluding hydrogens is 304 g/mol. The number of hydrogen-bond acceptors (Lipinski definition) is 4. The number of ketones is 1. The number of amides is 1. The van der Waals surface area contributed by atoms with Crippen molar-refractivity contribution in [1.29, 1.82) is 0 Å². The SMILES string of the molecule is COc1ccc(CCNCC(=O)Nc2ccc(C(C)=O)cc2)cc1. The molecule has 0 spiro atoms. The van der Waals surface area contributed by atoms with Crippen LogP contribution >= 0.6 is 0 Å². The zero-order chi connectivity index (χ0) is 17.4. The molecule has 5 nitrogen and oxygen atoms in total. The third kappa shape index (κ3) is 5.52. The molecule has 0 aliphatic carbocycles. The fourth-order valence-electron chi connectivity index (χ4n) is 2.22. The number of ether oxygens (including phenoxy) is 1. The molecule has 0 fully saturated rings. The zero-order valence-corrected chi connectivity index (χ0v) is 14.0. The van der Waals surface area contributed by atoms with Crippen LogP contribution in [0.2, 0.25) is 0 Å². The van der Waals surface area contributed by atoms with Crippen molar-refractivity contribution in [2.45, 2.75) is 13.3 Å². The number of carbonyl (C=O) groups is 2. The Bertz CT molecular complexity index is 679. The van der Waals surface area contributed by atoms with Crippen molar-refractivity contribution in [3.05, 3.63) is 59.7 Å². The third-order valence-corrected chi connectivity index (χ3v) is 3.61. The predicted molar refractivity (Wildman–Crippen MR) is 94.6 cm³/mol. The van der Waals surface area contributed by atoms with Gasteiger partial charge in [-0.1, -0.05) is 12.1 Å². The molecule has 2 N–H and O–H groups in total. The molecule has 0 radical (unpaired) electrons. The van der Waals surface area contributed by atoms with Crippen LogP contribution in [0.25, 0.3) is 0 Å². The van der Waals surface area contributed by atoms with Gasteiger partial charge >= 0.3 is 0 Å². The van der Waals surface area contributed by atoms with Gasteiger partial charge in [0.25, 0.3) is 0 Å². The first-order chi connectivity index (χ1) is 11.6. The summed E-state index contributed by atoms with van der Waals surface area (Å²) in [6.45, 7) is 2.47. The molecule has 0 bridgehead atoms. The van der Waals surface area contributed by atoms with Gasteiger partial charge in [0.1, 0.15) is 5.75 Å². The maximum atomic E-state index is 11.9. The van der Waals surface area contributed by atoms with Gasteiger partial charge in [0, 0.05) is 11.3 Å². The molecule has 1 amide bonds. The van der Waals surface area contributed by atoms with Gasteiger partial charge in [0.15, 0.2) is 5.78 Å². The lowest BCUT2D eigenvalue weighted by Gasteiger charge is -2.08. The Kier molecular flexibility index (Phi) is 6.51. The molecule has 0 aromatic heterocycles. The predicted octanol–water partition coefficient (Wildman–Crippen LogP) is 2.67. The van der Waals surface area contributed by atoms with Gasteiger partial charge in [0.2, 0.25) is 5.91 Å². The number of carbonyl (C=O) groups excluding carboxylic acids is 2. The Morgan fingerprint density at radius 1 is 1.00 bits per heavy atom. The molecule has 0 saturated heterocycles. The molecule has 2 rings (SSSR count). The van der Waals surface area contributed by atoms with Gasteiger partial charge in [0.05, 0.1) is 13.7 Å². The fourth-order valence-corrected chi connectivity index (χ4v) is 2.22. The van der Waals surface area contributed by atoms with Crippen molar-refractivity contribution >= 4 is 17.4 Å². The van der Waals surface area contributed by atoms with E-state index in [0.717, 1.165) is 12.2 Å². The van der Waals surface area contributed by atoms with Gasteiger partial charge in [-0.2, -0.15) is 0 Å². The maximum Gasteiger partial charge on any atom is 0.238 e. The monoisotopic (exact) mass is 326 g/mol. The average Bonchev–Trinajstić information content (AvgIpc) is 2.59. The quantitative estimate of drug-likeness (QED) is 0.578. The van der Waals surface area contributed by atoms with Crippen LogP contribution in [0.3, 0.4) is 0 Å². The van der Waals surface area contributed by atoms with Crippen molar-refractivity contribution in [1.82, 2.24) is 5.32 Å². The van der Waals surface area contributed by atoms with E-state index in [1.54, 1.807) is 31.4 Å². The van der Waals surface area contributed by atoms with Gasteiger partial charge in [-0.05, 0) is 61.9 Å². The maximum absolute atomic E-state index is 11.9. The Morgan fingerprint density at radius 3 is 2.25 bits per heavy atom. The van der Waals surface area contributed by atoms with E-state index < -0.39 is 0 Å². The van der Waals surface area contributed by atoms with E-state index in [4.69, 9.17) is 4.74 Å². The van der Waals surface area contributed by atoms with Crippen LogP contribution in [0.5, 0.6) is 5.75 Å². The summed E-state index contributed by atoms with van der Waals surface area (Å²) in [6.07, 6.45) is 0.838. The van der Waals surface area contributed by atoms with Gasteiger partial charge in [-0.25, -0.2) is 0 Å². The Labute approximate surface area is 142 Å². The molecule has 5 heteroatoms. The third-order valence-electron chi connectivity index (χ3n) is 3.61. The number of hydrogen-bond donors (Lipinski definition) is 2. The van der Waals surface area contributed by atoms with Crippen molar-refractivity contribution in [2.24, 2.45) is 0 Å². The van der Waals surface area contributed by atoms with E-state index in [2.05, 4.69) is 10.6 Å². The van der Waals surface area contributed by atoms with E-state index in [-0.39, 0.29) is 18.2 Å². The molecular formula is C19H22N2O3. The van der Waals surface area contributed by atoms with E-state index in [1.165, 1.54) is 12.5 Å². The normalized spacial score (nSPS) is 10.2. The second-order valence-electron chi connectivity index (χ2n) is 5.46. The van der Waals surface area contributed by atoms with Crippen LogP contribution in [0.1, 0.15) is 22.8 Å². The number of anilines is 1. The van der Waals surface area contributed by atoms with Gasteiger partial charge < -0.3 is 15.4 Å². The molecule has 2 aromatic rings. The van der Waals surface area contributed by atoms with Crippen molar-refractivity contribution < 1.29 is 14.3 Å². The van der Waals surface area contributed by atoms with Crippen molar-refractivity contribution in [3.8, 4) is 5.75 Å². The summed E-state index contributed by atoms with van der Waals surface area (Å²) >= 11 is 0. The van der Waals surface area contributed by atoms with E-state index in [1.807, 2.05) is 24.3 Å².